The number of aliphatic hydroxyl groups excluding tert-OH is 2. The minimum Gasteiger partial charge on any atom is -0.396 e. The number of rotatable bonds is 3. The molecule has 6 heteroatoms. The Bertz CT molecular complexity index is 95.0. The summed E-state index contributed by atoms with van der Waals surface area (Å²) in [5.41, 5.74) is -1.08. The zero-order valence-corrected chi connectivity index (χ0v) is 8.01. The van der Waals surface area contributed by atoms with E-state index in [1.54, 1.807) is 0 Å². The van der Waals surface area contributed by atoms with Crippen molar-refractivity contribution >= 4 is 46.6 Å². The van der Waals surface area contributed by atoms with Gasteiger partial charge in [0.2, 0.25) is 3.79 Å². The molecule has 0 aromatic heterocycles. The van der Waals surface area contributed by atoms with E-state index in [2.05, 4.69) is 0 Å². The molecule has 0 aliphatic rings. The SMILES string of the molecule is OCCS[C@@H](O)C(Cl)(Cl)Cl. The number of thioether (sulfide) groups is 1. The second kappa shape index (κ2) is 4.91. The molecule has 0 radical (unpaired) electrons. The molecule has 62 valence electrons. The van der Waals surface area contributed by atoms with E-state index in [1.165, 1.54) is 0 Å². The minimum absolute atomic E-state index is 0.0392. The van der Waals surface area contributed by atoms with Crippen LogP contribution in [0, 0.1) is 0 Å². The molecule has 10 heavy (non-hydrogen) atoms. The van der Waals surface area contributed by atoms with Crippen molar-refractivity contribution in [2.75, 3.05) is 12.4 Å². The Kier molecular flexibility index (Phi) is 5.47. The van der Waals surface area contributed by atoms with Crippen molar-refractivity contribution in [1.82, 2.24) is 0 Å². The highest BCUT2D eigenvalue weighted by Gasteiger charge is 2.30. The Morgan fingerprint density at radius 3 is 2.20 bits per heavy atom. The maximum atomic E-state index is 8.97. The van der Waals surface area contributed by atoms with Crippen molar-refractivity contribution in [3.8, 4) is 0 Å². The average molecular weight is 226 g/mol. The number of hydrogen-bond acceptors (Lipinski definition) is 3. The Hall–Kier alpha value is 1.14. The second-order valence-electron chi connectivity index (χ2n) is 1.49. The summed E-state index contributed by atoms with van der Waals surface area (Å²) in [5.74, 6) is 0.356. The Balaban J connectivity index is 3.52. The highest BCUT2D eigenvalue weighted by Crippen LogP contribution is 2.35. The lowest BCUT2D eigenvalue weighted by molar-refractivity contribution is 0.266. The van der Waals surface area contributed by atoms with Gasteiger partial charge < -0.3 is 10.2 Å². The topological polar surface area (TPSA) is 40.5 Å². The van der Waals surface area contributed by atoms with Crippen LogP contribution in [-0.2, 0) is 0 Å². The quantitative estimate of drug-likeness (QED) is 0.563. The summed E-state index contributed by atoms with van der Waals surface area (Å²) in [6.07, 6.45) is 0. The van der Waals surface area contributed by atoms with Crippen molar-refractivity contribution in [3.05, 3.63) is 0 Å². The molecular weight excluding hydrogens is 218 g/mol. The summed E-state index contributed by atoms with van der Waals surface area (Å²) in [6.45, 7) is -0.0392. The molecule has 0 fully saturated rings. The van der Waals surface area contributed by atoms with Gasteiger partial charge in [0.25, 0.3) is 0 Å². The minimum atomic E-state index is -1.67. The third kappa shape index (κ3) is 4.88. The highest BCUT2D eigenvalue weighted by molar-refractivity contribution is 8.00. The molecule has 1 atom stereocenters. The molecule has 2 nitrogen and oxygen atoms in total. The van der Waals surface area contributed by atoms with Crippen molar-refractivity contribution in [1.29, 1.82) is 0 Å². The van der Waals surface area contributed by atoms with Gasteiger partial charge in [0.05, 0.1) is 6.61 Å². The van der Waals surface area contributed by atoms with E-state index in [0.717, 1.165) is 11.8 Å². The molecule has 0 aliphatic heterocycles. The van der Waals surface area contributed by atoms with Gasteiger partial charge in [-0.15, -0.1) is 11.8 Å². The van der Waals surface area contributed by atoms with Crippen LogP contribution in [0.1, 0.15) is 0 Å². The van der Waals surface area contributed by atoms with Gasteiger partial charge in [-0.1, -0.05) is 34.8 Å². The van der Waals surface area contributed by atoms with Crippen LogP contribution in [0.4, 0.5) is 0 Å². The standard InChI is InChI=1S/C4H7Cl3O2S/c5-4(6,7)3(9)10-2-1-8/h3,8-9H,1-2H2/t3-/m1/s1. The number of aliphatic hydroxyl groups is 2. The summed E-state index contributed by atoms with van der Waals surface area (Å²) in [7, 11) is 0. The Morgan fingerprint density at radius 2 is 1.90 bits per heavy atom. The predicted molar refractivity (Wildman–Crippen MR) is 45.8 cm³/mol. The van der Waals surface area contributed by atoms with Crippen molar-refractivity contribution < 1.29 is 10.2 Å². The summed E-state index contributed by atoms with van der Waals surface area (Å²) in [5, 5.41) is 17.3. The fourth-order valence-electron chi connectivity index (χ4n) is 0.259. The first-order valence-corrected chi connectivity index (χ1v) is 4.64. The first-order chi connectivity index (χ1) is 4.48. The first kappa shape index (κ1) is 11.1. The van der Waals surface area contributed by atoms with Gasteiger partial charge in [0.1, 0.15) is 5.44 Å². The second-order valence-corrected chi connectivity index (χ2v) is 5.05. The summed E-state index contributed by atoms with van der Waals surface area (Å²) >= 11 is 16.9. The molecule has 0 saturated heterocycles. The number of hydrogen-bond donors (Lipinski definition) is 2. The van der Waals surface area contributed by atoms with Gasteiger partial charge in [0.15, 0.2) is 0 Å². The largest absolute Gasteiger partial charge is 0.396 e. The number of halogens is 3. The van der Waals surface area contributed by atoms with Gasteiger partial charge in [-0.05, 0) is 0 Å². The molecular formula is C4H7Cl3O2S. The summed E-state index contributed by atoms with van der Waals surface area (Å²) < 4.78 is -1.67. The maximum Gasteiger partial charge on any atom is 0.225 e. The molecule has 0 spiro atoms. The van der Waals surface area contributed by atoms with E-state index in [-0.39, 0.29) is 6.61 Å². The van der Waals surface area contributed by atoms with Gasteiger partial charge in [-0.25, -0.2) is 0 Å². The van der Waals surface area contributed by atoms with Crippen LogP contribution in [0.5, 0.6) is 0 Å². The lowest BCUT2D eigenvalue weighted by Gasteiger charge is -2.17. The van der Waals surface area contributed by atoms with Gasteiger partial charge in [-0.2, -0.15) is 0 Å². The van der Waals surface area contributed by atoms with Crippen LogP contribution in [0.25, 0.3) is 0 Å². The normalized spacial score (nSPS) is 15.3. The summed E-state index contributed by atoms with van der Waals surface area (Å²) in [4.78, 5) is 0. The highest BCUT2D eigenvalue weighted by atomic mass is 35.6. The third-order valence-corrected chi connectivity index (χ3v) is 2.74. The predicted octanol–water partition coefficient (Wildman–Crippen LogP) is 1.40. The van der Waals surface area contributed by atoms with Crippen LogP contribution in [0.2, 0.25) is 0 Å². The molecule has 0 aliphatic carbocycles. The van der Waals surface area contributed by atoms with Gasteiger partial charge in [0, 0.05) is 5.75 Å². The molecule has 0 aromatic carbocycles. The molecule has 0 unspecified atom stereocenters. The van der Waals surface area contributed by atoms with Crippen molar-refractivity contribution in [2.45, 2.75) is 9.23 Å². The van der Waals surface area contributed by atoms with E-state index >= 15 is 0 Å². The van der Waals surface area contributed by atoms with Crippen LogP contribution < -0.4 is 0 Å². The van der Waals surface area contributed by atoms with Crippen molar-refractivity contribution in [2.24, 2.45) is 0 Å². The van der Waals surface area contributed by atoms with Crippen LogP contribution in [0.3, 0.4) is 0 Å². The summed E-state index contributed by atoms with van der Waals surface area (Å²) in [6, 6.07) is 0. The zero-order chi connectivity index (χ0) is 8.20. The fourth-order valence-corrected chi connectivity index (χ4v) is 1.34. The van der Waals surface area contributed by atoms with E-state index in [9.17, 15) is 0 Å². The first-order valence-electron chi connectivity index (χ1n) is 2.45. The zero-order valence-electron chi connectivity index (χ0n) is 4.93. The molecule has 0 aromatic rings. The van der Waals surface area contributed by atoms with Gasteiger partial charge in [-0.3, -0.25) is 0 Å². The molecule has 0 bridgehead atoms. The number of alkyl halides is 3. The monoisotopic (exact) mass is 224 g/mol. The molecule has 0 amide bonds. The average Bonchev–Trinajstić information content (AvgIpc) is 1.80. The van der Waals surface area contributed by atoms with Crippen LogP contribution in [-0.4, -0.2) is 31.8 Å². The lowest BCUT2D eigenvalue weighted by atomic mass is 10.8. The maximum absolute atomic E-state index is 8.97. The van der Waals surface area contributed by atoms with E-state index in [0.29, 0.717) is 5.75 Å². The van der Waals surface area contributed by atoms with Crippen molar-refractivity contribution in [3.63, 3.8) is 0 Å². The van der Waals surface area contributed by atoms with Crippen LogP contribution in [0.15, 0.2) is 0 Å². The molecule has 0 saturated carbocycles. The molecule has 0 heterocycles. The smallest absolute Gasteiger partial charge is 0.225 e. The molecule has 0 rings (SSSR count). The lowest BCUT2D eigenvalue weighted by Crippen LogP contribution is -2.22. The molecule has 2 N–H and O–H groups in total. The van der Waals surface area contributed by atoms with Gasteiger partial charge >= 0.3 is 0 Å². The van der Waals surface area contributed by atoms with Crippen LogP contribution >= 0.6 is 46.6 Å². The van der Waals surface area contributed by atoms with E-state index < -0.39 is 9.23 Å². The Morgan fingerprint density at radius 1 is 1.40 bits per heavy atom. The van der Waals surface area contributed by atoms with E-state index in [1.807, 2.05) is 0 Å². The third-order valence-electron chi connectivity index (χ3n) is 0.647. The van der Waals surface area contributed by atoms with E-state index in [4.69, 9.17) is 45.0 Å². The fraction of sp³-hybridized carbons (Fsp3) is 1.00. The Labute approximate surface area is 78.5 Å².